The molecule has 0 saturated carbocycles. The minimum Gasteiger partial charge on any atom is -0.378 e. The summed E-state index contributed by atoms with van der Waals surface area (Å²) >= 11 is 0. The lowest BCUT2D eigenvalue weighted by atomic mass is 10.1. The van der Waals surface area contributed by atoms with Gasteiger partial charge >= 0.3 is 10.4 Å². The Bertz CT molecular complexity index is 303. The van der Waals surface area contributed by atoms with Crippen molar-refractivity contribution < 1.29 is 21.9 Å². The highest BCUT2D eigenvalue weighted by molar-refractivity contribution is 7.80. The van der Waals surface area contributed by atoms with Gasteiger partial charge in [-0.15, -0.1) is 0 Å². The van der Waals surface area contributed by atoms with E-state index in [1.807, 2.05) is 6.92 Å². The molecule has 1 N–H and O–H groups in total. The van der Waals surface area contributed by atoms with Crippen LogP contribution in [0.3, 0.4) is 0 Å². The third kappa shape index (κ3) is 14.2. The molecule has 20 heavy (non-hydrogen) atoms. The summed E-state index contributed by atoms with van der Waals surface area (Å²) in [4.78, 5) is 0. The maximum Gasteiger partial charge on any atom is 0.397 e. The molecule has 0 heterocycles. The van der Waals surface area contributed by atoms with Crippen molar-refractivity contribution in [1.82, 2.24) is 0 Å². The second kappa shape index (κ2) is 12.6. The molecule has 0 aromatic rings. The van der Waals surface area contributed by atoms with E-state index in [0.717, 1.165) is 12.8 Å². The molecule has 0 saturated heterocycles. The molecule has 0 aromatic carbocycles. The van der Waals surface area contributed by atoms with Gasteiger partial charge in [-0.05, 0) is 19.8 Å². The lowest BCUT2D eigenvalue weighted by molar-refractivity contribution is 0.0388. The SMILES string of the molecule is CCCCCCCCCC(CCOS(=O)(=O)O)OCC. The summed E-state index contributed by atoms with van der Waals surface area (Å²) in [6, 6.07) is 0. The van der Waals surface area contributed by atoms with Crippen LogP contribution in [0.4, 0.5) is 0 Å². The molecule has 0 rings (SSSR count). The van der Waals surface area contributed by atoms with E-state index in [1.165, 1.54) is 38.5 Å². The molecule has 0 aliphatic rings. The number of hydrogen-bond acceptors (Lipinski definition) is 4. The van der Waals surface area contributed by atoms with Gasteiger partial charge in [-0.2, -0.15) is 8.42 Å². The Labute approximate surface area is 124 Å². The lowest BCUT2D eigenvalue weighted by Crippen LogP contribution is -2.17. The zero-order chi connectivity index (χ0) is 15.3. The van der Waals surface area contributed by atoms with E-state index in [9.17, 15) is 8.42 Å². The first-order chi connectivity index (χ1) is 9.49. The van der Waals surface area contributed by atoms with Gasteiger partial charge in [0, 0.05) is 6.61 Å². The molecule has 0 radical (unpaired) electrons. The van der Waals surface area contributed by atoms with Gasteiger partial charge in [-0.25, -0.2) is 4.18 Å². The van der Waals surface area contributed by atoms with Gasteiger partial charge in [0.15, 0.2) is 0 Å². The first kappa shape index (κ1) is 19.8. The summed E-state index contributed by atoms with van der Waals surface area (Å²) in [6.45, 7) is 4.70. The fourth-order valence-corrected chi connectivity index (χ4v) is 2.47. The Morgan fingerprint density at radius 1 is 0.950 bits per heavy atom. The zero-order valence-corrected chi connectivity index (χ0v) is 13.7. The maximum absolute atomic E-state index is 10.4. The number of ether oxygens (including phenoxy) is 1. The van der Waals surface area contributed by atoms with Crippen LogP contribution < -0.4 is 0 Å². The molecular formula is C14H30O5S. The van der Waals surface area contributed by atoms with Crippen LogP contribution in [0.15, 0.2) is 0 Å². The van der Waals surface area contributed by atoms with Gasteiger partial charge in [0.05, 0.1) is 12.7 Å². The minimum atomic E-state index is -4.33. The monoisotopic (exact) mass is 310 g/mol. The maximum atomic E-state index is 10.4. The molecule has 1 atom stereocenters. The minimum absolute atomic E-state index is 0.0115. The van der Waals surface area contributed by atoms with Crippen molar-refractivity contribution in [3.8, 4) is 0 Å². The number of rotatable bonds is 14. The standard InChI is InChI=1S/C14H30O5S/c1-3-5-6-7-8-9-10-11-14(18-4-2)12-13-19-20(15,16)17/h14H,3-13H2,1-2H3,(H,15,16,17). The van der Waals surface area contributed by atoms with Gasteiger partial charge in [-0.3, -0.25) is 4.55 Å². The fourth-order valence-electron chi connectivity index (χ4n) is 2.16. The van der Waals surface area contributed by atoms with Crippen molar-refractivity contribution in [3.63, 3.8) is 0 Å². The Balaban J connectivity index is 3.64. The van der Waals surface area contributed by atoms with E-state index in [0.29, 0.717) is 13.0 Å². The Hall–Kier alpha value is -0.170. The second-order valence-corrected chi connectivity index (χ2v) is 6.12. The molecule has 1 unspecified atom stereocenters. The predicted octanol–water partition coefficient (Wildman–Crippen LogP) is 3.74. The molecule has 0 aliphatic heterocycles. The van der Waals surface area contributed by atoms with Crippen LogP contribution in [0.5, 0.6) is 0 Å². The lowest BCUT2D eigenvalue weighted by Gasteiger charge is -2.16. The number of unbranched alkanes of at least 4 members (excludes halogenated alkanes) is 6. The third-order valence-electron chi connectivity index (χ3n) is 3.20. The molecule has 122 valence electrons. The second-order valence-electron chi connectivity index (χ2n) is 5.03. The Kier molecular flexibility index (Phi) is 12.5. The topological polar surface area (TPSA) is 72.8 Å². The summed E-state index contributed by atoms with van der Waals surface area (Å²) in [5, 5.41) is 0. The Morgan fingerprint density at radius 3 is 2.10 bits per heavy atom. The van der Waals surface area contributed by atoms with Crippen molar-refractivity contribution in [2.24, 2.45) is 0 Å². The van der Waals surface area contributed by atoms with Gasteiger partial charge in [0.1, 0.15) is 0 Å². The molecule has 0 fully saturated rings. The first-order valence-corrected chi connectivity index (χ1v) is 9.09. The molecule has 0 amide bonds. The highest BCUT2D eigenvalue weighted by Crippen LogP contribution is 2.13. The summed E-state index contributed by atoms with van der Waals surface area (Å²) in [6.07, 6.45) is 10.1. The predicted molar refractivity (Wildman–Crippen MR) is 80.1 cm³/mol. The van der Waals surface area contributed by atoms with E-state index in [-0.39, 0.29) is 12.7 Å². The van der Waals surface area contributed by atoms with Gasteiger partial charge in [-0.1, -0.05) is 51.9 Å². The van der Waals surface area contributed by atoms with Gasteiger partial charge in [0.25, 0.3) is 0 Å². The largest absolute Gasteiger partial charge is 0.397 e. The molecule has 5 nitrogen and oxygen atoms in total. The van der Waals surface area contributed by atoms with Gasteiger partial charge in [0.2, 0.25) is 0 Å². The fraction of sp³-hybridized carbons (Fsp3) is 1.00. The third-order valence-corrected chi connectivity index (χ3v) is 3.67. The van der Waals surface area contributed by atoms with E-state index in [4.69, 9.17) is 9.29 Å². The van der Waals surface area contributed by atoms with Crippen LogP contribution in [-0.4, -0.2) is 32.3 Å². The average Bonchev–Trinajstić information content (AvgIpc) is 2.36. The van der Waals surface area contributed by atoms with Crippen molar-refractivity contribution in [1.29, 1.82) is 0 Å². The van der Waals surface area contributed by atoms with Crippen LogP contribution in [0.1, 0.15) is 71.6 Å². The zero-order valence-electron chi connectivity index (χ0n) is 12.8. The van der Waals surface area contributed by atoms with Gasteiger partial charge < -0.3 is 4.74 Å². The molecule has 0 bridgehead atoms. The van der Waals surface area contributed by atoms with Crippen LogP contribution in [0, 0.1) is 0 Å². The number of hydrogen-bond donors (Lipinski definition) is 1. The van der Waals surface area contributed by atoms with E-state index >= 15 is 0 Å². The van der Waals surface area contributed by atoms with Crippen molar-refractivity contribution in [2.45, 2.75) is 77.7 Å². The van der Waals surface area contributed by atoms with Crippen LogP contribution in [0.2, 0.25) is 0 Å². The quantitative estimate of drug-likeness (QED) is 0.391. The summed E-state index contributed by atoms with van der Waals surface area (Å²) in [5.74, 6) is 0. The normalized spacial score (nSPS) is 13.6. The average molecular weight is 310 g/mol. The van der Waals surface area contributed by atoms with E-state index in [2.05, 4.69) is 11.1 Å². The molecular weight excluding hydrogens is 280 g/mol. The molecule has 0 aromatic heterocycles. The van der Waals surface area contributed by atoms with Crippen LogP contribution in [0.25, 0.3) is 0 Å². The summed E-state index contributed by atoms with van der Waals surface area (Å²) < 4.78 is 39.3. The van der Waals surface area contributed by atoms with E-state index in [1.54, 1.807) is 0 Å². The van der Waals surface area contributed by atoms with Crippen LogP contribution in [-0.2, 0) is 19.3 Å². The molecule has 0 aliphatic carbocycles. The summed E-state index contributed by atoms with van der Waals surface area (Å²) in [7, 11) is -4.33. The van der Waals surface area contributed by atoms with Crippen molar-refractivity contribution in [3.05, 3.63) is 0 Å². The van der Waals surface area contributed by atoms with Crippen LogP contribution >= 0.6 is 0 Å². The Morgan fingerprint density at radius 2 is 1.55 bits per heavy atom. The van der Waals surface area contributed by atoms with E-state index < -0.39 is 10.4 Å². The highest BCUT2D eigenvalue weighted by atomic mass is 32.3. The smallest absolute Gasteiger partial charge is 0.378 e. The highest BCUT2D eigenvalue weighted by Gasteiger charge is 2.11. The van der Waals surface area contributed by atoms with Crippen molar-refractivity contribution in [2.75, 3.05) is 13.2 Å². The van der Waals surface area contributed by atoms with Crippen molar-refractivity contribution >= 4 is 10.4 Å². The summed E-state index contributed by atoms with van der Waals surface area (Å²) in [5.41, 5.74) is 0. The first-order valence-electron chi connectivity index (χ1n) is 7.73. The molecule has 6 heteroatoms. The molecule has 0 spiro atoms.